The van der Waals surface area contributed by atoms with Crippen molar-refractivity contribution in [2.45, 2.75) is 44.2 Å². The number of anilines is 1. The van der Waals surface area contributed by atoms with Gasteiger partial charge in [0.15, 0.2) is 0 Å². The highest BCUT2D eigenvalue weighted by molar-refractivity contribution is 5.48. The Hall–Kier alpha value is -1.10. The van der Waals surface area contributed by atoms with E-state index >= 15 is 0 Å². The van der Waals surface area contributed by atoms with Crippen molar-refractivity contribution >= 4 is 5.69 Å². The van der Waals surface area contributed by atoms with Crippen LogP contribution in [0.4, 0.5) is 5.69 Å². The standard InChI is InChI=1S/C18H28N2O2/c1-15(19-14-18(21)8-2-3-9-18)16-4-6-17(7-5-16)20-10-12-22-13-11-20/h4-7,15,19,21H,2-3,8-14H2,1H3. The van der Waals surface area contributed by atoms with Crippen LogP contribution in [-0.2, 0) is 4.74 Å². The molecule has 2 fully saturated rings. The van der Waals surface area contributed by atoms with Gasteiger partial charge in [0, 0.05) is 31.4 Å². The number of benzene rings is 1. The molecule has 1 aliphatic carbocycles. The molecular weight excluding hydrogens is 276 g/mol. The summed E-state index contributed by atoms with van der Waals surface area (Å²) in [5, 5.41) is 13.9. The lowest BCUT2D eigenvalue weighted by Gasteiger charge is -2.29. The minimum atomic E-state index is -0.484. The molecule has 0 bridgehead atoms. The quantitative estimate of drug-likeness (QED) is 0.877. The van der Waals surface area contributed by atoms with E-state index in [1.165, 1.54) is 11.3 Å². The van der Waals surface area contributed by atoms with E-state index < -0.39 is 5.60 Å². The van der Waals surface area contributed by atoms with Gasteiger partial charge < -0.3 is 20.1 Å². The maximum atomic E-state index is 10.4. The molecule has 1 heterocycles. The van der Waals surface area contributed by atoms with Crippen molar-refractivity contribution in [1.29, 1.82) is 0 Å². The van der Waals surface area contributed by atoms with E-state index in [9.17, 15) is 5.11 Å². The van der Waals surface area contributed by atoms with Crippen LogP contribution < -0.4 is 10.2 Å². The summed E-state index contributed by atoms with van der Waals surface area (Å²) in [6.45, 7) is 6.44. The average Bonchev–Trinajstić information content (AvgIpc) is 3.01. The van der Waals surface area contributed by atoms with Crippen molar-refractivity contribution in [2.75, 3.05) is 37.7 Å². The molecule has 122 valence electrons. The molecule has 1 aliphatic heterocycles. The molecule has 0 radical (unpaired) electrons. The van der Waals surface area contributed by atoms with E-state index in [2.05, 4.69) is 41.4 Å². The molecule has 22 heavy (non-hydrogen) atoms. The van der Waals surface area contributed by atoms with Crippen LogP contribution in [0.2, 0.25) is 0 Å². The predicted octanol–water partition coefficient (Wildman–Crippen LogP) is 2.48. The molecular formula is C18H28N2O2. The zero-order valence-electron chi connectivity index (χ0n) is 13.6. The first kappa shape index (κ1) is 15.8. The second-order valence-electron chi connectivity index (χ2n) is 6.72. The first-order valence-electron chi connectivity index (χ1n) is 8.55. The molecule has 2 N–H and O–H groups in total. The molecule has 4 nitrogen and oxygen atoms in total. The molecule has 0 amide bonds. The molecule has 3 rings (SSSR count). The second-order valence-corrected chi connectivity index (χ2v) is 6.72. The lowest BCUT2D eigenvalue weighted by atomic mass is 10.0. The number of aliphatic hydroxyl groups is 1. The van der Waals surface area contributed by atoms with Crippen LogP contribution in [-0.4, -0.2) is 43.6 Å². The van der Waals surface area contributed by atoms with Crippen LogP contribution >= 0.6 is 0 Å². The van der Waals surface area contributed by atoms with E-state index in [1.807, 2.05) is 0 Å². The van der Waals surface area contributed by atoms with Gasteiger partial charge in [-0.2, -0.15) is 0 Å². The first-order valence-corrected chi connectivity index (χ1v) is 8.55. The summed E-state index contributed by atoms with van der Waals surface area (Å²) >= 11 is 0. The van der Waals surface area contributed by atoms with E-state index in [0.29, 0.717) is 6.54 Å². The van der Waals surface area contributed by atoms with E-state index in [4.69, 9.17) is 4.74 Å². The number of nitrogens with zero attached hydrogens (tertiary/aromatic N) is 1. The molecule has 1 saturated heterocycles. The summed E-state index contributed by atoms with van der Waals surface area (Å²) in [7, 11) is 0. The van der Waals surface area contributed by atoms with Crippen LogP contribution in [0.15, 0.2) is 24.3 Å². The third kappa shape index (κ3) is 3.80. The maximum absolute atomic E-state index is 10.4. The summed E-state index contributed by atoms with van der Waals surface area (Å²) in [5.74, 6) is 0. The van der Waals surface area contributed by atoms with Gasteiger partial charge in [-0.25, -0.2) is 0 Å². The predicted molar refractivity (Wildman–Crippen MR) is 89.3 cm³/mol. The Morgan fingerprint density at radius 2 is 1.82 bits per heavy atom. The van der Waals surface area contributed by atoms with Crippen molar-refractivity contribution in [2.24, 2.45) is 0 Å². The lowest BCUT2D eigenvalue weighted by molar-refractivity contribution is 0.0453. The number of rotatable bonds is 5. The molecule has 1 aromatic rings. The van der Waals surface area contributed by atoms with Gasteiger partial charge in [0.1, 0.15) is 0 Å². The summed E-state index contributed by atoms with van der Waals surface area (Å²) < 4.78 is 5.40. The lowest BCUT2D eigenvalue weighted by Crippen LogP contribution is -2.39. The van der Waals surface area contributed by atoms with Gasteiger partial charge in [-0.1, -0.05) is 25.0 Å². The highest BCUT2D eigenvalue weighted by Crippen LogP contribution is 2.29. The third-order valence-electron chi connectivity index (χ3n) is 5.04. The van der Waals surface area contributed by atoms with Crippen molar-refractivity contribution in [3.05, 3.63) is 29.8 Å². The number of morpholine rings is 1. The SMILES string of the molecule is CC(NCC1(O)CCCC1)c1ccc(N2CCOCC2)cc1. The Morgan fingerprint density at radius 3 is 2.45 bits per heavy atom. The highest BCUT2D eigenvalue weighted by Gasteiger charge is 2.31. The smallest absolute Gasteiger partial charge is 0.0771 e. The Bertz CT molecular complexity index is 462. The van der Waals surface area contributed by atoms with Crippen molar-refractivity contribution < 1.29 is 9.84 Å². The molecule has 1 aromatic carbocycles. The van der Waals surface area contributed by atoms with Crippen LogP contribution in [0.3, 0.4) is 0 Å². The average molecular weight is 304 g/mol. The number of nitrogens with one attached hydrogen (secondary N) is 1. The number of hydrogen-bond acceptors (Lipinski definition) is 4. The van der Waals surface area contributed by atoms with Gasteiger partial charge in [0.05, 0.1) is 18.8 Å². The fraction of sp³-hybridized carbons (Fsp3) is 0.667. The Kier molecular flexibility index (Phi) is 5.01. The Labute approximate surface area is 133 Å². The Morgan fingerprint density at radius 1 is 1.18 bits per heavy atom. The van der Waals surface area contributed by atoms with Crippen LogP contribution in [0.5, 0.6) is 0 Å². The molecule has 4 heteroatoms. The molecule has 1 unspecified atom stereocenters. The van der Waals surface area contributed by atoms with Gasteiger partial charge in [0.25, 0.3) is 0 Å². The van der Waals surface area contributed by atoms with Crippen LogP contribution in [0.25, 0.3) is 0 Å². The van der Waals surface area contributed by atoms with Crippen molar-refractivity contribution in [3.8, 4) is 0 Å². The zero-order valence-corrected chi connectivity index (χ0v) is 13.6. The molecule has 1 atom stereocenters. The number of ether oxygens (including phenoxy) is 1. The van der Waals surface area contributed by atoms with E-state index in [0.717, 1.165) is 52.0 Å². The topological polar surface area (TPSA) is 44.7 Å². The van der Waals surface area contributed by atoms with E-state index in [-0.39, 0.29) is 6.04 Å². The fourth-order valence-electron chi connectivity index (χ4n) is 3.47. The largest absolute Gasteiger partial charge is 0.389 e. The van der Waals surface area contributed by atoms with Gasteiger partial charge in [-0.3, -0.25) is 0 Å². The fourth-order valence-corrected chi connectivity index (χ4v) is 3.47. The van der Waals surface area contributed by atoms with Crippen LogP contribution in [0.1, 0.15) is 44.2 Å². The summed E-state index contributed by atoms with van der Waals surface area (Å²) in [6.07, 6.45) is 4.17. The van der Waals surface area contributed by atoms with Gasteiger partial charge in [-0.15, -0.1) is 0 Å². The molecule has 1 saturated carbocycles. The van der Waals surface area contributed by atoms with E-state index in [1.54, 1.807) is 0 Å². The maximum Gasteiger partial charge on any atom is 0.0771 e. The normalized spacial score (nSPS) is 22.7. The molecule has 0 spiro atoms. The van der Waals surface area contributed by atoms with Gasteiger partial charge >= 0.3 is 0 Å². The summed E-state index contributed by atoms with van der Waals surface area (Å²) in [4.78, 5) is 2.37. The first-order chi connectivity index (χ1) is 10.7. The summed E-state index contributed by atoms with van der Waals surface area (Å²) in [5.41, 5.74) is 2.06. The minimum Gasteiger partial charge on any atom is -0.389 e. The summed E-state index contributed by atoms with van der Waals surface area (Å²) in [6, 6.07) is 9.05. The van der Waals surface area contributed by atoms with Crippen molar-refractivity contribution in [1.82, 2.24) is 5.32 Å². The third-order valence-corrected chi connectivity index (χ3v) is 5.04. The number of hydrogen-bond donors (Lipinski definition) is 2. The van der Waals surface area contributed by atoms with Crippen molar-refractivity contribution in [3.63, 3.8) is 0 Å². The monoisotopic (exact) mass is 304 g/mol. The zero-order chi connectivity index (χ0) is 15.4. The minimum absolute atomic E-state index is 0.267. The Balaban J connectivity index is 1.55. The second kappa shape index (κ2) is 6.99. The molecule has 2 aliphatic rings. The van der Waals surface area contributed by atoms with Gasteiger partial charge in [0.2, 0.25) is 0 Å². The molecule has 0 aromatic heterocycles. The highest BCUT2D eigenvalue weighted by atomic mass is 16.5. The van der Waals surface area contributed by atoms with Gasteiger partial charge in [-0.05, 0) is 37.5 Å². The van der Waals surface area contributed by atoms with Crippen LogP contribution in [0, 0.1) is 0 Å².